The zero-order valence-electron chi connectivity index (χ0n) is 6.99. The van der Waals surface area contributed by atoms with E-state index in [0.717, 1.165) is 6.07 Å². The molecule has 1 heterocycles. The molecule has 1 atom stereocenters. The second-order valence-electron chi connectivity index (χ2n) is 2.85. The lowest BCUT2D eigenvalue weighted by atomic mass is 9.99. The van der Waals surface area contributed by atoms with Gasteiger partial charge in [-0.2, -0.15) is 4.39 Å². The third-order valence-electron chi connectivity index (χ3n) is 1.69. The maximum Gasteiger partial charge on any atom is 0.329 e. The number of nitrogens with zero attached hydrogens (tertiary/aromatic N) is 1. The summed E-state index contributed by atoms with van der Waals surface area (Å²) in [5, 5.41) is 8.70. The first-order chi connectivity index (χ1) is 5.94. The molecule has 1 aromatic rings. The molecule has 0 aliphatic heterocycles. The second-order valence-corrected chi connectivity index (χ2v) is 2.85. The van der Waals surface area contributed by atoms with Crippen LogP contribution in [0.4, 0.5) is 4.39 Å². The number of carboxylic acid groups (broad SMARTS) is 1. The molecule has 4 nitrogen and oxygen atoms in total. The highest BCUT2D eigenvalue weighted by atomic mass is 19.1. The molecular weight excluding hydrogens is 175 g/mol. The van der Waals surface area contributed by atoms with Crippen molar-refractivity contribution in [3.63, 3.8) is 0 Å². The van der Waals surface area contributed by atoms with Crippen molar-refractivity contribution in [3.05, 3.63) is 29.8 Å². The molecule has 0 bridgehead atoms. The van der Waals surface area contributed by atoms with Gasteiger partial charge >= 0.3 is 5.97 Å². The highest BCUT2D eigenvalue weighted by Gasteiger charge is 2.31. The van der Waals surface area contributed by atoms with Crippen molar-refractivity contribution in [3.8, 4) is 0 Å². The number of rotatable bonds is 2. The summed E-state index contributed by atoms with van der Waals surface area (Å²) in [6, 6.07) is 3.87. The predicted octanol–water partition coefficient (Wildman–Crippen LogP) is 0.479. The van der Waals surface area contributed by atoms with Crippen LogP contribution in [-0.2, 0) is 10.3 Å². The minimum absolute atomic E-state index is 0.000000000000000222. The van der Waals surface area contributed by atoms with Gasteiger partial charge in [0.2, 0.25) is 5.95 Å². The van der Waals surface area contributed by atoms with E-state index in [1.165, 1.54) is 19.1 Å². The molecule has 0 unspecified atom stereocenters. The van der Waals surface area contributed by atoms with Crippen LogP contribution in [-0.4, -0.2) is 16.1 Å². The lowest BCUT2D eigenvalue weighted by Gasteiger charge is -2.17. The Kier molecular flexibility index (Phi) is 2.29. The highest BCUT2D eigenvalue weighted by molar-refractivity contribution is 5.79. The Morgan fingerprint density at radius 2 is 2.31 bits per heavy atom. The predicted molar refractivity (Wildman–Crippen MR) is 43.4 cm³/mol. The Morgan fingerprint density at radius 1 is 1.69 bits per heavy atom. The molecule has 3 N–H and O–H groups in total. The molecule has 5 heteroatoms. The highest BCUT2D eigenvalue weighted by Crippen LogP contribution is 2.15. The maximum absolute atomic E-state index is 12.6. The van der Waals surface area contributed by atoms with E-state index in [9.17, 15) is 9.18 Å². The van der Waals surface area contributed by atoms with Crippen LogP contribution in [0.2, 0.25) is 0 Å². The van der Waals surface area contributed by atoms with Crippen molar-refractivity contribution in [1.29, 1.82) is 0 Å². The van der Waals surface area contributed by atoms with Crippen LogP contribution in [0.3, 0.4) is 0 Å². The normalized spacial score (nSPS) is 15.0. The summed E-state index contributed by atoms with van der Waals surface area (Å²) in [6.45, 7) is 1.26. The summed E-state index contributed by atoms with van der Waals surface area (Å²) < 4.78 is 12.6. The molecule has 0 aromatic carbocycles. The van der Waals surface area contributed by atoms with Gasteiger partial charge in [0.25, 0.3) is 0 Å². The van der Waals surface area contributed by atoms with Gasteiger partial charge in [-0.15, -0.1) is 0 Å². The summed E-state index contributed by atoms with van der Waals surface area (Å²) in [5.74, 6) is -1.99. The molecule has 0 saturated heterocycles. The van der Waals surface area contributed by atoms with Crippen LogP contribution in [0.1, 0.15) is 12.6 Å². The van der Waals surface area contributed by atoms with E-state index in [-0.39, 0.29) is 5.69 Å². The van der Waals surface area contributed by atoms with Gasteiger partial charge in [-0.3, -0.25) is 0 Å². The third kappa shape index (κ3) is 1.81. The Morgan fingerprint density at radius 3 is 2.77 bits per heavy atom. The molecule has 0 spiro atoms. The van der Waals surface area contributed by atoms with Crippen LogP contribution < -0.4 is 5.73 Å². The number of nitrogens with two attached hydrogens (primary N) is 1. The van der Waals surface area contributed by atoms with Crippen molar-refractivity contribution >= 4 is 5.97 Å². The van der Waals surface area contributed by atoms with Crippen molar-refractivity contribution in [2.45, 2.75) is 12.5 Å². The van der Waals surface area contributed by atoms with E-state index in [2.05, 4.69) is 4.98 Å². The average molecular weight is 184 g/mol. The van der Waals surface area contributed by atoms with Gasteiger partial charge in [-0.1, -0.05) is 6.07 Å². The molecule has 0 fully saturated rings. The van der Waals surface area contributed by atoms with Gasteiger partial charge < -0.3 is 10.8 Å². The average Bonchev–Trinajstić information content (AvgIpc) is 2.04. The first-order valence-electron chi connectivity index (χ1n) is 3.60. The lowest BCUT2D eigenvalue weighted by Crippen LogP contribution is -2.42. The van der Waals surface area contributed by atoms with Gasteiger partial charge in [-0.05, 0) is 19.1 Å². The molecule has 70 valence electrons. The van der Waals surface area contributed by atoms with E-state index < -0.39 is 17.5 Å². The van der Waals surface area contributed by atoms with Crippen molar-refractivity contribution in [2.75, 3.05) is 0 Å². The van der Waals surface area contributed by atoms with Crippen LogP contribution in [0.5, 0.6) is 0 Å². The van der Waals surface area contributed by atoms with Crippen molar-refractivity contribution in [1.82, 2.24) is 4.98 Å². The van der Waals surface area contributed by atoms with E-state index >= 15 is 0 Å². The number of hydrogen-bond acceptors (Lipinski definition) is 3. The molecule has 13 heavy (non-hydrogen) atoms. The molecular formula is C8H9FN2O2. The number of aromatic nitrogens is 1. The molecule has 1 aromatic heterocycles. The molecule has 0 radical (unpaired) electrons. The van der Waals surface area contributed by atoms with Gasteiger partial charge in [0.05, 0.1) is 5.69 Å². The number of halogens is 1. The summed E-state index contributed by atoms with van der Waals surface area (Å²) in [6.07, 6.45) is 0. The Hall–Kier alpha value is -1.49. The number of carbonyl (C=O) groups is 1. The largest absolute Gasteiger partial charge is 0.480 e. The van der Waals surface area contributed by atoms with Crippen LogP contribution in [0.25, 0.3) is 0 Å². The molecule has 0 aliphatic rings. The number of hydrogen-bond donors (Lipinski definition) is 2. The summed E-state index contributed by atoms with van der Waals surface area (Å²) in [7, 11) is 0. The summed E-state index contributed by atoms with van der Waals surface area (Å²) in [4.78, 5) is 14.0. The first kappa shape index (κ1) is 9.60. The van der Waals surface area contributed by atoms with Crippen LogP contribution in [0.15, 0.2) is 18.2 Å². The Balaban J connectivity index is 3.14. The third-order valence-corrected chi connectivity index (χ3v) is 1.69. The SMILES string of the molecule is C[C@@](N)(C(=O)O)c1cccc(F)n1. The smallest absolute Gasteiger partial charge is 0.329 e. The maximum atomic E-state index is 12.6. The van der Waals surface area contributed by atoms with E-state index in [1.54, 1.807) is 0 Å². The van der Waals surface area contributed by atoms with Gasteiger partial charge in [0, 0.05) is 0 Å². The van der Waals surface area contributed by atoms with Crippen molar-refractivity contribution < 1.29 is 14.3 Å². The Bertz CT molecular complexity index is 339. The Labute approximate surface area is 74.2 Å². The minimum Gasteiger partial charge on any atom is -0.480 e. The summed E-state index contributed by atoms with van der Waals surface area (Å²) >= 11 is 0. The first-order valence-corrected chi connectivity index (χ1v) is 3.60. The summed E-state index contributed by atoms with van der Waals surface area (Å²) in [5.41, 5.74) is 3.77. The molecule has 0 aliphatic carbocycles. The zero-order chi connectivity index (χ0) is 10.1. The van der Waals surface area contributed by atoms with Gasteiger partial charge in [-0.25, -0.2) is 9.78 Å². The lowest BCUT2D eigenvalue weighted by molar-refractivity contribution is -0.143. The van der Waals surface area contributed by atoms with E-state index in [1.807, 2.05) is 0 Å². The zero-order valence-corrected chi connectivity index (χ0v) is 6.99. The second kappa shape index (κ2) is 3.10. The van der Waals surface area contributed by atoms with Gasteiger partial charge in [0.1, 0.15) is 0 Å². The number of pyridine rings is 1. The molecule has 0 saturated carbocycles. The fraction of sp³-hybridized carbons (Fsp3) is 0.250. The van der Waals surface area contributed by atoms with E-state index in [4.69, 9.17) is 10.8 Å². The fourth-order valence-corrected chi connectivity index (χ4v) is 0.807. The minimum atomic E-state index is -1.65. The molecule has 1 rings (SSSR count). The fourth-order valence-electron chi connectivity index (χ4n) is 0.807. The number of carboxylic acids is 1. The monoisotopic (exact) mass is 184 g/mol. The van der Waals surface area contributed by atoms with Crippen LogP contribution >= 0.6 is 0 Å². The quantitative estimate of drug-likeness (QED) is 0.655. The molecule has 0 amide bonds. The van der Waals surface area contributed by atoms with Crippen molar-refractivity contribution in [2.24, 2.45) is 5.73 Å². The van der Waals surface area contributed by atoms with Gasteiger partial charge in [0.15, 0.2) is 5.54 Å². The van der Waals surface area contributed by atoms with E-state index in [0.29, 0.717) is 0 Å². The standard InChI is InChI=1S/C8H9FN2O2/c1-8(10,7(12)13)5-3-2-4-6(9)11-5/h2-4H,10H2,1H3,(H,12,13)/t8-/m0/s1. The van der Waals surface area contributed by atoms with Crippen LogP contribution in [0, 0.1) is 5.95 Å². The topological polar surface area (TPSA) is 76.2 Å². The number of aliphatic carboxylic acids is 1.